The van der Waals surface area contributed by atoms with Crippen LogP contribution in [-0.4, -0.2) is 45.7 Å². The minimum absolute atomic E-state index is 0.149. The van der Waals surface area contributed by atoms with E-state index in [9.17, 15) is 14.7 Å². The van der Waals surface area contributed by atoms with Gasteiger partial charge < -0.3 is 15.1 Å². The average molecular weight is 267 g/mol. The SMILES string of the molecule is O=C(C(C1CC1)C1CC1)N1CCC(O)(C(=O)O)CC1. The molecule has 3 rings (SSSR count). The summed E-state index contributed by atoms with van der Waals surface area (Å²) in [6.45, 7) is 0.745. The van der Waals surface area contributed by atoms with Crippen molar-refractivity contribution in [1.29, 1.82) is 0 Å². The number of carboxylic acids is 1. The molecular formula is C14H21NO4. The summed E-state index contributed by atoms with van der Waals surface area (Å²) in [4.78, 5) is 25.3. The summed E-state index contributed by atoms with van der Waals surface area (Å²) in [6.07, 6.45) is 4.96. The van der Waals surface area contributed by atoms with Gasteiger partial charge in [-0.3, -0.25) is 4.79 Å². The molecule has 0 radical (unpaired) electrons. The normalized spacial score (nSPS) is 26.5. The molecule has 0 aromatic heterocycles. The van der Waals surface area contributed by atoms with Crippen LogP contribution in [0, 0.1) is 17.8 Å². The summed E-state index contributed by atoms with van der Waals surface area (Å²) < 4.78 is 0. The molecule has 1 aliphatic heterocycles. The van der Waals surface area contributed by atoms with E-state index < -0.39 is 11.6 Å². The first-order chi connectivity index (χ1) is 9.01. The van der Waals surface area contributed by atoms with Gasteiger partial charge in [-0.2, -0.15) is 0 Å². The molecule has 0 unspecified atom stereocenters. The Morgan fingerprint density at radius 2 is 1.53 bits per heavy atom. The fourth-order valence-corrected chi connectivity index (χ4v) is 3.22. The Balaban J connectivity index is 1.61. The number of rotatable bonds is 4. The van der Waals surface area contributed by atoms with Crippen molar-refractivity contribution in [2.75, 3.05) is 13.1 Å². The van der Waals surface area contributed by atoms with Crippen LogP contribution in [0.1, 0.15) is 38.5 Å². The fraction of sp³-hybridized carbons (Fsp3) is 0.857. The van der Waals surface area contributed by atoms with Crippen LogP contribution in [0.2, 0.25) is 0 Å². The molecule has 1 amide bonds. The van der Waals surface area contributed by atoms with Crippen LogP contribution in [0.15, 0.2) is 0 Å². The van der Waals surface area contributed by atoms with E-state index in [2.05, 4.69) is 0 Å². The van der Waals surface area contributed by atoms with Crippen molar-refractivity contribution in [3.63, 3.8) is 0 Å². The van der Waals surface area contributed by atoms with Crippen molar-refractivity contribution in [2.24, 2.45) is 17.8 Å². The first-order valence-corrected chi connectivity index (χ1v) is 7.26. The zero-order chi connectivity index (χ0) is 13.6. The molecule has 3 aliphatic rings. The van der Waals surface area contributed by atoms with Gasteiger partial charge in [-0.25, -0.2) is 4.79 Å². The predicted octanol–water partition coefficient (Wildman–Crippen LogP) is 0.861. The second-order valence-corrected chi connectivity index (χ2v) is 6.36. The molecule has 19 heavy (non-hydrogen) atoms. The molecule has 0 bridgehead atoms. The second-order valence-electron chi connectivity index (χ2n) is 6.36. The van der Waals surface area contributed by atoms with E-state index in [-0.39, 0.29) is 24.7 Å². The molecule has 2 saturated carbocycles. The predicted molar refractivity (Wildman–Crippen MR) is 67.3 cm³/mol. The number of likely N-dealkylation sites (tertiary alicyclic amines) is 1. The van der Waals surface area contributed by atoms with Gasteiger partial charge in [-0.05, 0) is 37.5 Å². The second kappa shape index (κ2) is 4.47. The number of hydrogen-bond donors (Lipinski definition) is 2. The van der Waals surface area contributed by atoms with E-state index >= 15 is 0 Å². The van der Waals surface area contributed by atoms with Gasteiger partial charge in [0.25, 0.3) is 0 Å². The van der Waals surface area contributed by atoms with Crippen LogP contribution in [0.4, 0.5) is 0 Å². The van der Waals surface area contributed by atoms with Crippen molar-refractivity contribution in [1.82, 2.24) is 4.90 Å². The molecule has 1 heterocycles. The molecule has 5 heteroatoms. The number of carboxylic acid groups (broad SMARTS) is 1. The highest BCUT2D eigenvalue weighted by Crippen LogP contribution is 2.50. The third kappa shape index (κ3) is 2.48. The highest BCUT2D eigenvalue weighted by atomic mass is 16.4. The van der Waals surface area contributed by atoms with Crippen molar-refractivity contribution in [3.05, 3.63) is 0 Å². The van der Waals surface area contributed by atoms with Crippen molar-refractivity contribution >= 4 is 11.9 Å². The van der Waals surface area contributed by atoms with Gasteiger partial charge in [0, 0.05) is 31.8 Å². The zero-order valence-corrected chi connectivity index (χ0v) is 11.0. The van der Waals surface area contributed by atoms with Gasteiger partial charge in [0.15, 0.2) is 5.60 Å². The van der Waals surface area contributed by atoms with Crippen LogP contribution < -0.4 is 0 Å². The van der Waals surface area contributed by atoms with E-state index in [0.717, 1.165) is 0 Å². The highest BCUT2D eigenvalue weighted by Gasteiger charge is 2.48. The topological polar surface area (TPSA) is 77.8 Å². The molecule has 0 aromatic carbocycles. The Bertz CT molecular complexity index is 380. The summed E-state index contributed by atoms with van der Waals surface area (Å²) >= 11 is 0. The molecule has 1 saturated heterocycles. The lowest BCUT2D eigenvalue weighted by Crippen LogP contribution is -2.52. The zero-order valence-electron chi connectivity index (χ0n) is 11.0. The maximum Gasteiger partial charge on any atom is 0.335 e. The van der Waals surface area contributed by atoms with Gasteiger partial charge >= 0.3 is 5.97 Å². The Morgan fingerprint density at radius 1 is 1.05 bits per heavy atom. The van der Waals surface area contributed by atoms with Crippen LogP contribution in [-0.2, 0) is 9.59 Å². The van der Waals surface area contributed by atoms with E-state index in [0.29, 0.717) is 24.9 Å². The lowest BCUT2D eigenvalue weighted by atomic mass is 9.89. The molecule has 0 atom stereocenters. The summed E-state index contributed by atoms with van der Waals surface area (Å²) in [5.74, 6) is 0.356. The van der Waals surface area contributed by atoms with Crippen LogP contribution in [0.25, 0.3) is 0 Å². The summed E-state index contributed by atoms with van der Waals surface area (Å²) in [6, 6.07) is 0. The molecule has 3 fully saturated rings. The number of carbonyl (C=O) groups excluding carboxylic acids is 1. The van der Waals surface area contributed by atoms with Crippen LogP contribution in [0.3, 0.4) is 0 Å². The minimum atomic E-state index is -1.63. The number of amides is 1. The largest absolute Gasteiger partial charge is 0.479 e. The monoisotopic (exact) mass is 267 g/mol. The van der Waals surface area contributed by atoms with E-state index in [1.165, 1.54) is 25.7 Å². The van der Waals surface area contributed by atoms with Gasteiger partial charge in [0.05, 0.1) is 0 Å². The minimum Gasteiger partial charge on any atom is -0.479 e. The molecule has 5 nitrogen and oxygen atoms in total. The summed E-state index contributed by atoms with van der Waals surface area (Å²) in [5, 5.41) is 18.9. The van der Waals surface area contributed by atoms with Crippen LogP contribution >= 0.6 is 0 Å². The number of aliphatic hydroxyl groups is 1. The average Bonchev–Trinajstić information content (AvgIpc) is 3.24. The first kappa shape index (κ1) is 12.9. The molecule has 2 N–H and O–H groups in total. The van der Waals surface area contributed by atoms with Crippen molar-refractivity contribution < 1.29 is 19.8 Å². The Hall–Kier alpha value is -1.10. The molecule has 0 aromatic rings. The highest BCUT2D eigenvalue weighted by molar-refractivity contribution is 5.81. The fourth-order valence-electron chi connectivity index (χ4n) is 3.22. The molecule has 106 valence electrons. The third-order valence-electron chi connectivity index (χ3n) is 4.85. The van der Waals surface area contributed by atoms with Crippen LogP contribution in [0.5, 0.6) is 0 Å². The van der Waals surface area contributed by atoms with Crippen molar-refractivity contribution in [3.8, 4) is 0 Å². The van der Waals surface area contributed by atoms with Gasteiger partial charge in [-0.1, -0.05) is 0 Å². The number of aliphatic carboxylic acids is 1. The van der Waals surface area contributed by atoms with Gasteiger partial charge in [-0.15, -0.1) is 0 Å². The van der Waals surface area contributed by atoms with E-state index in [4.69, 9.17) is 5.11 Å². The molecular weight excluding hydrogens is 246 g/mol. The number of piperidine rings is 1. The number of hydrogen-bond acceptors (Lipinski definition) is 3. The number of nitrogens with zero attached hydrogens (tertiary/aromatic N) is 1. The lowest BCUT2D eigenvalue weighted by Gasteiger charge is -2.37. The molecule has 2 aliphatic carbocycles. The molecule has 0 spiro atoms. The smallest absolute Gasteiger partial charge is 0.335 e. The summed E-state index contributed by atoms with van der Waals surface area (Å²) in [7, 11) is 0. The van der Waals surface area contributed by atoms with Crippen molar-refractivity contribution in [2.45, 2.75) is 44.1 Å². The lowest BCUT2D eigenvalue weighted by molar-refractivity contribution is -0.166. The van der Waals surface area contributed by atoms with E-state index in [1.807, 2.05) is 0 Å². The van der Waals surface area contributed by atoms with Gasteiger partial charge in [0.1, 0.15) is 0 Å². The first-order valence-electron chi connectivity index (χ1n) is 7.26. The number of carbonyl (C=O) groups is 2. The third-order valence-corrected chi connectivity index (χ3v) is 4.85. The standard InChI is InChI=1S/C14H21NO4/c16-12(11(9-1-2-9)10-3-4-10)15-7-5-14(19,6-8-15)13(17)18/h9-11,19H,1-8H2,(H,17,18). The Labute approximate surface area is 112 Å². The maximum absolute atomic E-state index is 12.5. The maximum atomic E-state index is 12.5. The van der Waals surface area contributed by atoms with Gasteiger partial charge in [0.2, 0.25) is 5.91 Å². The Kier molecular flexibility index (Phi) is 3.04. The summed E-state index contributed by atoms with van der Waals surface area (Å²) in [5.41, 5.74) is -1.63. The quantitative estimate of drug-likeness (QED) is 0.792. The van der Waals surface area contributed by atoms with E-state index in [1.54, 1.807) is 4.90 Å². The Morgan fingerprint density at radius 3 is 1.89 bits per heavy atom.